The van der Waals surface area contributed by atoms with E-state index in [9.17, 15) is 29.1 Å². The number of ketones is 2. The first-order valence-electron chi connectivity index (χ1n) is 33.7. The van der Waals surface area contributed by atoms with E-state index in [1.54, 1.807) is 13.8 Å². The third-order valence-electron chi connectivity index (χ3n) is 15.5. The predicted molar refractivity (Wildman–Crippen MR) is 400 cm³/mol. The molecular formula is C79H120Cl3N3O10. The summed E-state index contributed by atoms with van der Waals surface area (Å²) in [5.41, 5.74) is 19.2. The van der Waals surface area contributed by atoms with Gasteiger partial charge in [0.05, 0.1) is 18.1 Å². The minimum atomic E-state index is -0.634. The lowest BCUT2D eigenvalue weighted by molar-refractivity contribution is -0.140. The average Bonchev–Trinajstić information content (AvgIpc) is 0.835. The second-order valence-electron chi connectivity index (χ2n) is 27.6. The number of esters is 1. The van der Waals surface area contributed by atoms with Gasteiger partial charge in [0.25, 0.3) is 0 Å². The lowest BCUT2D eigenvalue weighted by atomic mass is 9.72. The van der Waals surface area contributed by atoms with Crippen molar-refractivity contribution in [3.8, 4) is 0 Å². The van der Waals surface area contributed by atoms with Crippen LogP contribution in [0.4, 0.5) is 9.59 Å². The Morgan fingerprint density at radius 3 is 1.23 bits per heavy atom. The number of benzene rings is 3. The number of allylic oxidation sites excluding steroid dienone is 9. The molecule has 0 heterocycles. The molecule has 0 bridgehead atoms. The van der Waals surface area contributed by atoms with Gasteiger partial charge in [0.2, 0.25) is 0 Å². The number of aliphatic hydroxyl groups excluding tert-OH is 2. The van der Waals surface area contributed by atoms with Crippen molar-refractivity contribution in [2.75, 3.05) is 44.1 Å². The third-order valence-corrected chi connectivity index (χ3v) is 15.5. The van der Waals surface area contributed by atoms with Gasteiger partial charge >= 0.3 is 18.2 Å². The fourth-order valence-corrected chi connectivity index (χ4v) is 11.1. The van der Waals surface area contributed by atoms with Crippen LogP contribution in [-0.4, -0.2) is 95.2 Å². The lowest BCUT2D eigenvalue weighted by Gasteiger charge is -2.32. The summed E-state index contributed by atoms with van der Waals surface area (Å²) in [4.78, 5) is 57.7. The van der Waals surface area contributed by atoms with Crippen molar-refractivity contribution < 1.29 is 48.4 Å². The van der Waals surface area contributed by atoms with Gasteiger partial charge in [0.1, 0.15) is 11.2 Å². The van der Waals surface area contributed by atoms with Crippen LogP contribution in [-0.2, 0) is 19.0 Å². The number of halogens is 3. The highest BCUT2D eigenvalue weighted by molar-refractivity contribution is 6.40. The molecule has 3 aromatic carbocycles. The summed E-state index contributed by atoms with van der Waals surface area (Å²) in [5, 5.41) is 23.6. The van der Waals surface area contributed by atoms with Gasteiger partial charge in [0.15, 0.2) is 11.6 Å². The van der Waals surface area contributed by atoms with E-state index < -0.39 is 29.5 Å². The maximum absolute atomic E-state index is 12.5. The summed E-state index contributed by atoms with van der Waals surface area (Å²) in [6, 6.07) is 23.4. The van der Waals surface area contributed by atoms with Crippen LogP contribution in [0.25, 0.3) is 18.2 Å². The summed E-state index contributed by atoms with van der Waals surface area (Å²) >= 11 is 14.5. The highest BCUT2D eigenvalue weighted by Crippen LogP contribution is 2.43. The van der Waals surface area contributed by atoms with Crippen molar-refractivity contribution in [1.82, 2.24) is 10.6 Å². The van der Waals surface area contributed by atoms with Crippen molar-refractivity contribution >= 4 is 82.8 Å². The van der Waals surface area contributed by atoms with E-state index in [1.807, 2.05) is 115 Å². The Kier molecular flexibility index (Phi) is 43.6. The predicted octanol–water partition coefficient (Wildman–Crippen LogP) is 20.5. The molecule has 0 spiro atoms. The average molecular weight is 1380 g/mol. The van der Waals surface area contributed by atoms with E-state index >= 15 is 0 Å². The molecule has 3 aromatic rings. The third kappa shape index (κ3) is 38.7. The number of alkyl carbamates (subject to hydrolysis) is 2. The maximum Gasteiger partial charge on any atom is 0.407 e. The highest BCUT2D eigenvalue weighted by Gasteiger charge is 2.29. The summed E-state index contributed by atoms with van der Waals surface area (Å²) < 4.78 is 14.8. The first kappa shape index (κ1) is 89.2. The topological polar surface area (TPSA) is 204 Å². The summed E-state index contributed by atoms with van der Waals surface area (Å²) in [6.07, 6.45) is 23.5. The minimum absolute atomic E-state index is 0.00435. The SMILES string of the molecule is CC1=C(/C=C/c2cccc(C(=O)CCN)c2)C(C)(C)CCC1.CC1=C(/C=C/c2cccc(C(=O)CCNC(=O)OC(C)(C)C)c2)C(C)(C)CCC1.CC1=C(/C=C/c2cccc(C(O)CCNC(=O)OC(C)(C)C)c2)C(C)(C)CCC1.CCCl.CCO.CCOC(C)=O.ClCCl. The van der Waals surface area contributed by atoms with Crippen molar-refractivity contribution in [2.45, 2.75) is 226 Å². The van der Waals surface area contributed by atoms with Crippen LogP contribution in [0.2, 0.25) is 0 Å². The monoisotopic (exact) mass is 1380 g/mol. The number of amides is 2. The number of carbonyl (C=O) groups excluding carboxylic acids is 5. The van der Waals surface area contributed by atoms with E-state index in [0.717, 1.165) is 40.1 Å². The molecule has 6 rings (SSSR count). The largest absolute Gasteiger partial charge is 0.466 e. The number of rotatable bonds is 18. The van der Waals surface area contributed by atoms with Gasteiger partial charge in [-0.15, -0.1) is 34.8 Å². The summed E-state index contributed by atoms with van der Waals surface area (Å²) in [6.45, 7) is 39.9. The zero-order chi connectivity index (χ0) is 72.6. The Labute approximate surface area is 588 Å². The molecule has 0 aliphatic heterocycles. The number of hydrogen-bond donors (Lipinski definition) is 5. The second kappa shape index (κ2) is 46.4. The van der Waals surface area contributed by atoms with E-state index in [1.165, 1.54) is 91.7 Å². The van der Waals surface area contributed by atoms with Crippen molar-refractivity contribution in [1.29, 1.82) is 0 Å². The smallest absolute Gasteiger partial charge is 0.407 e. The van der Waals surface area contributed by atoms with Crippen LogP contribution >= 0.6 is 34.8 Å². The molecule has 532 valence electrons. The molecule has 3 aliphatic carbocycles. The molecule has 1 atom stereocenters. The normalized spacial score (nSPS) is 15.8. The molecule has 0 aromatic heterocycles. The Balaban J connectivity index is 0.00000126. The first-order chi connectivity index (χ1) is 44.4. The van der Waals surface area contributed by atoms with Crippen LogP contribution in [0.3, 0.4) is 0 Å². The van der Waals surface area contributed by atoms with Crippen LogP contribution in [0.15, 0.2) is 124 Å². The molecule has 13 nitrogen and oxygen atoms in total. The Morgan fingerprint density at radius 2 is 0.916 bits per heavy atom. The minimum Gasteiger partial charge on any atom is -0.466 e. The molecule has 3 aliphatic rings. The Hall–Kier alpha value is -5.80. The van der Waals surface area contributed by atoms with Gasteiger partial charge in [-0.05, 0) is 220 Å². The van der Waals surface area contributed by atoms with Crippen molar-refractivity contribution in [2.24, 2.45) is 22.0 Å². The van der Waals surface area contributed by atoms with Crippen LogP contribution in [0, 0.1) is 16.2 Å². The molecule has 16 heteroatoms. The van der Waals surface area contributed by atoms with Crippen LogP contribution in [0.1, 0.15) is 258 Å². The number of alkyl halides is 3. The van der Waals surface area contributed by atoms with Crippen molar-refractivity contribution in [3.63, 3.8) is 0 Å². The summed E-state index contributed by atoms with van der Waals surface area (Å²) in [7, 11) is 0. The fraction of sp³-hybridized carbons (Fsp3) is 0.557. The van der Waals surface area contributed by atoms with Gasteiger partial charge < -0.3 is 40.8 Å². The van der Waals surface area contributed by atoms with Gasteiger partial charge in [-0.25, -0.2) is 9.59 Å². The number of carbonyl (C=O) groups is 5. The number of hydrogen-bond acceptors (Lipinski definition) is 11. The highest BCUT2D eigenvalue weighted by atomic mass is 35.5. The Morgan fingerprint density at radius 1 is 0.579 bits per heavy atom. The summed E-state index contributed by atoms with van der Waals surface area (Å²) in [5.74, 6) is 0.633. The zero-order valence-corrected chi connectivity index (χ0v) is 63.5. The zero-order valence-electron chi connectivity index (χ0n) is 61.3. The van der Waals surface area contributed by atoms with E-state index in [2.05, 4.69) is 120 Å². The van der Waals surface area contributed by atoms with Gasteiger partial charge in [0, 0.05) is 56.5 Å². The maximum atomic E-state index is 12.5. The van der Waals surface area contributed by atoms with Gasteiger partial charge in [-0.2, -0.15) is 0 Å². The lowest BCUT2D eigenvalue weighted by Crippen LogP contribution is -2.33. The molecule has 2 amide bonds. The molecule has 95 heavy (non-hydrogen) atoms. The number of nitrogens with two attached hydrogens (primary N) is 1. The van der Waals surface area contributed by atoms with Gasteiger partial charge in [-0.3, -0.25) is 14.4 Å². The second-order valence-corrected chi connectivity index (χ2v) is 29.0. The van der Waals surface area contributed by atoms with Gasteiger partial charge in [-0.1, -0.05) is 156 Å². The molecule has 1 unspecified atom stereocenters. The van der Waals surface area contributed by atoms with E-state index in [4.69, 9.17) is 55.1 Å². The van der Waals surface area contributed by atoms with Crippen LogP contribution < -0.4 is 16.4 Å². The number of aliphatic hydroxyl groups is 2. The van der Waals surface area contributed by atoms with Crippen LogP contribution in [0.5, 0.6) is 0 Å². The molecule has 6 N–H and O–H groups in total. The van der Waals surface area contributed by atoms with Crippen molar-refractivity contribution in [3.05, 3.63) is 158 Å². The molecule has 0 saturated carbocycles. The number of ether oxygens (including phenoxy) is 3. The van der Waals surface area contributed by atoms with E-state index in [0.29, 0.717) is 38.1 Å². The number of Topliss-reactive ketones (excluding diaryl/α,β-unsaturated/α-hetero) is 2. The Bertz CT molecular complexity index is 3010. The molecular weight excluding hydrogens is 1260 g/mol. The molecule has 0 radical (unpaired) electrons. The van der Waals surface area contributed by atoms with E-state index in [-0.39, 0.29) is 58.7 Å². The quantitative estimate of drug-likeness (QED) is 0.0351. The standard InChI is InChI=1S/C25H37NO3.C25H35NO3.C20H27NO.C4H8O2.C2H5Cl.C2H6O.CH2Cl2/c2*1-18-9-8-15-25(5,6)21(18)13-12-19-10-7-11-20(17-19)22(27)14-16-26-23(28)29-24(2,3)4;1-15-6-5-12-20(2,3)18(15)10-9-16-7-4-8-17(14-16)19(22)11-13-21;1-3-6-4(2)5;2*1-2-3;2-1-3/h7,10-13,17,22,27H,8-9,14-16H2,1-6H3,(H,26,28);7,10-13,17H,8-9,14-16H2,1-6H3,(H,26,28);4,7-10,14H,5-6,11-13,21H2,1-3H3;3H2,1-2H3;2H2,1H3;3H,2H2,1H3;1H2/b2*13-12+;10-9+;;;;. The number of nitrogens with one attached hydrogen (secondary N) is 2. The molecule has 0 saturated heterocycles. The molecule has 0 fully saturated rings. The first-order valence-corrected chi connectivity index (χ1v) is 35.3. The fourth-order valence-electron chi connectivity index (χ4n) is 11.1.